The molecule has 0 aliphatic carbocycles. The minimum absolute atomic E-state index is 0.0181. The second-order valence-corrected chi connectivity index (χ2v) is 4.88. The summed E-state index contributed by atoms with van der Waals surface area (Å²) in [6.45, 7) is 0.242. The largest absolute Gasteiger partial charge is 0.491 e. The highest BCUT2D eigenvalue weighted by Gasteiger charge is 2.18. The molecule has 6 heteroatoms. The van der Waals surface area contributed by atoms with E-state index >= 15 is 0 Å². The molecule has 0 aliphatic rings. The zero-order valence-electron chi connectivity index (χ0n) is 9.57. The van der Waals surface area contributed by atoms with E-state index in [1.165, 1.54) is 0 Å². The smallest absolute Gasteiger partial charge is 0.185 e. The highest BCUT2D eigenvalue weighted by atomic mass is 79.9. The van der Waals surface area contributed by atoms with Crippen molar-refractivity contribution in [3.05, 3.63) is 26.6 Å². The Bertz CT molecular complexity index is 343. The molecule has 0 unspecified atom stereocenters. The summed E-state index contributed by atoms with van der Waals surface area (Å²) >= 11 is 6.88. The van der Waals surface area contributed by atoms with Gasteiger partial charge in [0.1, 0.15) is 12.4 Å². The van der Waals surface area contributed by atoms with Gasteiger partial charge in [-0.25, -0.2) is 0 Å². The van der Waals surface area contributed by atoms with E-state index in [0.29, 0.717) is 5.75 Å². The van der Waals surface area contributed by atoms with Crippen LogP contribution < -0.4 is 4.74 Å². The Balaban J connectivity index is 3.01. The molecule has 0 aromatic heterocycles. The maximum Gasteiger partial charge on any atom is 0.185 e. The fourth-order valence-corrected chi connectivity index (χ4v) is 2.88. The summed E-state index contributed by atoms with van der Waals surface area (Å²) in [5.74, 6) is 0.660. The van der Waals surface area contributed by atoms with E-state index in [2.05, 4.69) is 31.9 Å². The van der Waals surface area contributed by atoms with Crippen molar-refractivity contribution in [2.75, 3.05) is 27.4 Å². The van der Waals surface area contributed by atoms with Gasteiger partial charge in [-0.05, 0) is 12.1 Å². The van der Waals surface area contributed by atoms with Crippen LogP contribution in [0.1, 0.15) is 11.9 Å². The van der Waals surface area contributed by atoms with Crippen LogP contribution in [0.5, 0.6) is 5.75 Å². The van der Waals surface area contributed by atoms with Gasteiger partial charge in [-0.15, -0.1) is 0 Å². The molecule has 0 saturated carbocycles. The van der Waals surface area contributed by atoms with E-state index in [4.69, 9.17) is 19.3 Å². The van der Waals surface area contributed by atoms with Gasteiger partial charge in [0.2, 0.25) is 0 Å². The summed E-state index contributed by atoms with van der Waals surface area (Å²) in [5, 5.41) is 8.70. The maximum absolute atomic E-state index is 8.70. The number of hydrogen-bond acceptors (Lipinski definition) is 4. The summed E-state index contributed by atoms with van der Waals surface area (Å²) in [6, 6.07) is 3.61. The lowest BCUT2D eigenvalue weighted by atomic mass is 10.2. The van der Waals surface area contributed by atoms with E-state index in [1.807, 2.05) is 0 Å². The Morgan fingerprint density at radius 1 is 1.18 bits per heavy atom. The Hall–Kier alpha value is -0.140. The Morgan fingerprint density at radius 2 is 1.71 bits per heavy atom. The third-order valence-corrected chi connectivity index (χ3v) is 3.39. The Morgan fingerprint density at radius 3 is 2.12 bits per heavy atom. The molecule has 0 bridgehead atoms. The van der Waals surface area contributed by atoms with Gasteiger partial charge in [-0.3, -0.25) is 0 Å². The predicted octanol–water partition coefficient (Wildman–Crippen LogP) is 2.87. The van der Waals surface area contributed by atoms with Gasteiger partial charge in [0.15, 0.2) is 6.29 Å². The number of rotatable bonds is 6. The van der Waals surface area contributed by atoms with Crippen molar-refractivity contribution in [1.29, 1.82) is 0 Å². The first kappa shape index (κ1) is 14.9. The van der Waals surface area contributed by atoms with Crippen molar-refractivity contribution in [3.8, 4) is 5.75 Å². The van der Waals surface area contributed by atoms with E-state index in [1.54, 1.807) is 26.4 Å². The van der Waals surface area contributed by atoms with Gasteiger partial charge >= 0.3 is 0 Å². The molecule has 0 spiro atoms. The molecule has 96 valence electrons. The van der Waals surface area contributed by atoms with Crippen LogP contribution in [0, 0.1) is 0 Å². The highest BCUT2D eigenvalue weighted by molar-refractivity contribution is 9.11. The minimum Gasteiger partial charge on any atom is -0.491 e. The molecule has 1 N–H and O–H groups in total. The van der Waals surface area contributed by atoms with Gasteiger partial charge in [-0.1, -0.05) is 31.9 Å². The third-order valence-electron chi connectivity index (χ3n) is 2.08. The summed E-state index contributed by atoms with van der Waals surface area (Å²) < 4.78 is 17.4. The molecule has 1 rings (SSSR count). The molecule has 0 aliphatic heterocycles. The summed E-state index contributed by atoms with van der Waals surface area (Å²) in [5.41, 5.74) is 0.853. The Kier molecular flexibility index (Phi) is 6.43. The number of hydrogen-bond donors (Lipinski definition) is 1. The van der Waals surface area contributed by atoms with Gasteiger partial charge in [-0.2, -0.15) is 0 Å². The van der Waals surface area contributed by atoms with Crippen LogP contribution in [0.4, 0.5) is 0 Å². The van der Waals surface area contributed by atoms with Crippen LogP contribution in [0.25, 0.3) is 0 Å². The molecule has 0 radical (unpaired) electrons. The molecule has 0 atom stereocenters. The van der Waals surface area contributed by atoms with Crippen molar-refractivity contribution in [2.45, 2.75) is 6.29 Å². The zero-order valence-corrected chi connectivity index (χ0v) is 12.7. The van der Waals surface area contributed by atoms with Gasteiger partial charge < -0.3 is 19.3 Å². The van der Waals surface area contributed by atoms with Crippen LogP contribution in [-0.4, -0.2) is 32.5 Å². The standard InChI is InChI=1S/C11H14Br2O4/c1-15-11(16-2)10-8(12)5-7(6-9(10)13)17-4-3-14/h5-6,11,14H,3-4H2,1-2H3. The average molecular weight is 370 g/mol. The molecule has 0 saturated heterocycles. The number of halogens is 2. The minimum atomic E-state index is -0.453. The maximum atomic E-state index is 8.70. The van der Waals surface area contributed by atoms with Gasteiger partial charge in [0, 0.05) is 28.7 Å². The van der Waals surface area contributed by atoms with Crippen LogP contribution in [0.2, 0.25) is 0 Å². The molecule has 17 heavy (non-hydrogen) atoms. The molecule has 0 heterocycles. The molecule has 0 amide bonds. The number of benzene rings is 1. The van der Waals surface area contributed by atoms with Crippen LogP contribution >= 0.6 is 31.9 Å². The van der Waals surface area contributed by atoms with E-state index in [0.717, 1.165) is 14.5 Å². The lowest BCUT2D eigenvalue weighted by molar-refractivity contribution is -0.106. The van der Waals surface area contributed by atoms with E-state index < -0.39 is 6.29 Å². The van der Waals surface area contributed by atoms with E-state index in [9.17, 15) is 0 Å². The van der Waals surface area contributed by atoms with Crippen LogP contribution in [-0.2, 0) is 9.47 Å². The fraction of sp³-hybridized carbons (Fsp3) is 0.455. The SMILES string of the molecule is COC(OC)c1c(Br)cc(OCCO)cc1Br. The molecule has 1 aromatic carbocycles. The number of aliphatic hydroxyl groups is 1. The quantitative estimate of drug-likeness (QED) is 0.783. The first-order chi connectivity index (χ1) is 8.13. The predicted molar refractivity (Wildman–Crippen MR) is 71.2 cm³/mol. The molecular weight excluding hydrogens is 356 g/mol. The second-order valence-electron chi connectivity index (χ2n) is 3.18. The van der Waals surface area contributed by atoms with Crippen molar-refractivity contribution < 1.29 is 19.3 Å². The molecule has 1 aromatic rings. The average Bonchev–Trinajstić information content (AvgIpc) is 2.31. The van der Waals surface area contributed by atoms with Crippen LogP contribution in [0.15, 0.2) is 21.1 Å². The first-order valence-corrected chi connectivity index (χ1v) is 6.50. The molecular formula is C11H14Br2O4. The van der Waals surface area contributed by atoms with Gasteiger partial charge in [0.25, 0.3) is 0 Å². The summed E-state index contributed by atoms with van der Waals surface area (Å²) in [4.78, 5) is 0. The van der Waals surface area contributed by atoms with Gasteiger partial charge in [0.05, 0.1) is 6.61 Å². The second kappa shape index (κ2) is 7.33. The highest BCUT2D eigenvalue weighted by Crippen LogP contribution is 2.36. The van der Waals surface area contributed by atoms with Crippen molar-refractivity contribution in [3.63, 3.8) is 0 Å². The third kappa shape index (κ3) is 3.93. The Labute approximate surface area is 117 Å². The molecule has 0 fully saturated rings. The first-order valence-electron chi connectivity index (χ1n) is 4.92. The van der Waals surface area contributed by atoms with Crippen molar-refractivity contribution >= 4 is 31.9 Å². The monoisotopic (exact) mass is 368 g/mol. The lowest BCUT2D eigenvalue weighted by Crippen LogP contribution is -2.07. The van der Waals surface area contributed by atoms with Crippen molar-refractivity contribution in [1.82, 2.24) is 0 Å². The number of ether oxygens (including phenoxy) is 3. The summed E-state index contributed by atoms with van der Waals surface area (Å²) in [7, 11) is 3.15. The number of methoxy groups -OCH3 is 2. The zero-order chi connectivity index (χ0) is 12.8. The van der Waals surface area contributed by atoms with E-state index in [-0.39, 0.29) is 13.2 Å². The normalized spacial score (nSPS) is 10.9. The summed E-state index contributed by atoms with van der Waals surface area (Å²) in [6.07, 6.45) is -0.453. The number of aliphatic hydroxyl groups excluding tert-OH is 1. The topological polar surface area (TPSA) is 47.9 Å². The van der Waals surface area contributed by atoms with Crippen molar-refractivity contribution in [2.24, 2.45) is 0 Å². The lowest BCUT2D eigenvalue weighted by Gasteiger charge is -2.18. The van der Waals surface area contributed by atoms with Crippen LogP contribution in [0.3, 0.4) is 0 Å². The molecule has 4 nitrogen and oxygen atoms in total. The fourth-order valence-electron chi connectivity index (χ4n) is 1.36.